The maximum atomic E-state index is 6.13. The highest BCUT2D eigenvalue weighted by Gasteiger charge is 2.31. The number of hydrogen-bond donors (Lipinski definition) is 0. The van der Waals surface area contributed by atoms with Crippen LogP contribution in [0.3, 0.4) is 0 Å². The molecule has 0 aliphatic heterocycles. The van der Waals surface area contributed by atoms with Gasteiger partial charge in [0.05, 0.1) is 5.02 Å². The van der Waals surface area contributed by atoms with Crippen molar-refractivity contribution < 1.29 is 0 Å². The fourth-order valence-electron chi connectivity index (χ4n) is 4.94. The van der Waals surface area contributed by atoms with Crippen LogP contribution in [0.4, 0.5) is 0 Å². The smallest absolute Gasteiger partial charge is 0.147 e. The summed E-state index contributed by atoms with van der Waals surface area (Å²) >= 11 is 12.1. The van der Waals surface area contributed by atoms with Gasteiger partial charge in [0, 0.05) is 6.20 Å². The number of halogens is 2. The Kier molecular flexibility index (Phi) is 6.26. The van der Waals surface area contributed by atoms with Crippen LogP contribution in [-0.4, -0.2) is 4.98 Å². The number of pyridine rings is 1. The van der Waals surface area contributed by atoms with Gasteiger partial charge in [0.1, 0.15) is 5.15 Å². The van der Waals surface area contributed by atoms with E-state index in [1.54, 1.807) is 0 Å². The maximum absolute atomic E-state index is 6.13. The molecule has 23 heavy (non-hydrogen) atoms. The summed E-state index contributed by atoms with van der Waals surface area (Å²) in [6.45, 7) is 2.32. The zero-order valence-corrected chi connectivity index (χ0v) is 15.8. The topological polar surface area (TPSA) is 12.9 Å². The summed E-state index contributed by atoms with van der Waals surface area (Å²) in [5.41, 5.74) is 1.28. The van der Waals surface area contributed by atoms with Crippen molar-refractivity contribution in [2.75, 3.05) is 0 Å². The highest BCUT2D eigenvalue weighted by atomic mass is 35.5. The predicted octanol–water partition coefficient (Wildman–Crippen LogP) is 7.27. The third-order valence-electron chi connectivity index (χ3n) is 6.32. The van der Waals surface area contributed by atoms with Crippen LogP contribution in [-0.2, 0) is 0 Å². The number of rotatable bonds is 4. The van der Waals surface area contributed by atoms with Crippen molar-refractivity contribution in [3.05, 3.63) is 28.0 Å². The van der Waals surface area contributed by atoms with Gasteiger partial charge in [-0.3, -0.25) is 0 Å². The van der Waals surface area contributed by atoms with Crippen molar-refractivity contribution in [1.82, 2.24) is 4.98 Å². The molecule has 2 fully saturated rings. The van der Waals surface area contributed by atoms with Crippen molar-refractivity contribution in [3.8, 4) is 0 Å². The van der Waals surface area contributed by atoms with Gasteiger partial charge in [-0.25, -0.2) is 4.98 Å². The normalized spacial score (nSPS) is 32.0. The molecule has 0 spiro atoms. The molecule has 1 heterocycles. The van der Waals surface area contributed by atoms with Gasteiger partial charge in [-0.05, 0) is 73.8 Å². The second kappa shape index (κ2) is 8.21. The Bertz CT molecular complexity index is 500. The van der Waals surface area contributed by atoms with Crippen LogP contribution in [0, 0.1) is 17.8 Å². The lowest BCUT2D eigenvalue weighted by Crippen LogP contribution is -2.25. The first-order valence-corrected chi connectivity index (χ1v) is 10.2. The Morgan fingerprint density at radius 1 is 0.957 bits per heavy atom. The van der Waals surface area contributed by atoms with E-state index in [-0.39, 0.29) is 0 Å². The van der Waals surface area contributed by atoms with Gasteiger partial charge in [0.25, 0.3) is 0 Å². The minimum absolute atomic E-state index is 0.424. The SMILES string of the molecule is CCCC1CCC(C2CCC(c3cnc(Cl)c(Cl)c3)CC2)CC1. The summed E-state index contributed by atoms with van der Waals surface area (Å²) in [5.74, 6) is 3.61. The molecule has 3 heteroatoms. The standard InChI is InChI=1S/C20H29Cl2N/c1-2-3-14-4-6-15(7-5-14)16-8-10-17(11-9-16)18-12-19(21)20(22)23-13-18/h12-17H,2-11H2,1H3. The fourth-order valence-corrected chi connectivity index (χ4v) is 5.22. The molecular formula is C20H29Cl2N. The van der Waals surface area contributed by atoms with Crippen LogP contribution >= 0.6 is 23.2 Å². The first-order valence-electron chi connectivity index (χ1n) is 9.48. The Hall–Kier alpha value is -0.270. The lowest BCUT2D eigenvalue weighted by molar-refractivity contribution is 0.156. The van der Waals surface area contributed by atoms with Gasteiger partial charge in [0.2, 0.25) is 0 Å². The van der Waals surface area contributed by atoms with Gasteiger partial charge >= 0.3 is 0 Å². The molecule has 0 atom stereocenters. The summed E-state index contributed by atoms with van der Waals surface area (Å²) < 4.78 is 0. The van der Waals surface area contributed by atoms with E-state index in [1.807, 2.05) is 12.3 Å². The molecule has 0 aromatic carbocycles. The molecule has 1 aromatic rings. The molecular weight excluding hydrogens is 325 g/mol. The zero-order valence-electron chi connectivity index (χ0n) is 14.2. The van der Waals surface area contributed by atoms with Crippen molar-refractivity contribution in [2.45, 2.75) is 77.0 Å². The molecule has 128 valence electrons. The number of aromatic nitrogens is 1. The van der Waals surface area contributed by atoms with Crippen LogP contribution in [0.1, 0.15) is 82.6 Å². The first-order chi connectivity index (χ1) is 11.2. The Morgan fingerprint density at radius 2 is 1.57 bits per heavy atom. The number of hydrogen-bond acceptors (Lipinski definition) is 1. The van der Waals surface area contributed by atoms with Crippen molar-refractivity contribution in [3.63, 3.8) is 0 Å². The highest BCUT2D eigenvalue weighted by molar-refractivity contribution is 6.41. The monoisotopic (exact) mass is 353 g/mol. The first kappa shape index (κ1) is 17.5. The third kappa shape index (κ3) is 4.42. The highest BCUT2D eigenvalue weighted by Crippen LogP contribution is 2.44. The molecule has 0 radical (unpaired) electrons. The van der Waals surface area contributed by atoms with Crippen LogP contribution in [0.2, 0.25) is 10.2 Å². The quantitative estimate of drug-likeness (QED) is 0.518. The molecule has 0 saturated heterocycles. The minimum Gasteiger partial charge on any atom is -0.243 e. The van der Waals surface area contributed by atoms with Gasteiger partial charge in [0.15, 0.2) is 0 Å². The molecule has 3 rings (SSSR count). The summed E-state index contributed by atoms with van der Waals surface area (Å²) in [7, 11) is 0. The van der Waals surface area contributed by atoms with E-state index < -0.39 is 0 Å². The lowest BCUT2D eigenvalue weighted by Gasteiger charge is -2.38. The van der Waals surface area contributed by atoms with Gasteiger partial charge in [-0.1, -0.05) is 55.8 Å². The summed E-state index contributed by atoms with van der Waals surface area (Å²) in [6.07, 6.45) is 16.0. The van der Waals surface area contributed by atoms with E-state index in [1.165, 1.54) is 69.8 Å². The molecule has 2 aliphatic rings. The van der Waals surface area contributed by atoms with Gasteiger partial charge in [-0.2, -0.15) is 0 Å². The predicted molar refractivity (Wildman–Crippen MR) is 99.3 cm³/mol. The van der Waals surface area contributed by atoms with E-state index >= 15 is 0 Å². The second-order valence-electron chi connectivity index (χ2n) is 7.72. The van der Waals surface area contributed by atoms with Crippen LogP contribution in [0.25, 0.3) is 0 Å². The summed E-state index contributed by atoms with van der Waals surface area (Å²) in [4.78, 5) is 4.22. The van der Waals surface area contributed by atoms with Crippen molar-refractivity contribution in [1.29, 1.82) is 0 Å². The summed E-state index contributed by atoms with van der Waals surface area (Å²) in [6, 6.07) is 2.03. The van der Waals surface area contributed by atoms with Gasteiger partial charge in [-0.15, -0.1) is 0 Å². The molecule has 2 saturated carbocycles. The van der Waals surface area contributed by atoms with E-state index in [0.717, 1.165) is 17.8 Å². The lowest BCUT2D eigenvalue weighted by atomic mass is 9.68. The molecule has 0 N–H and O–H groups in total. The average molecular weight is 354 g/mol. The van der Waals surface area contributed by atoms with Crippen LogP contribution in [0.15, 0.2) is 12.3 Å². The van der Waals surface area contributed by atoms with E-state index in [0.29, 0.717) is 16.1 Å². The largest absolute Gasteiger partial charge is 0.243 e. The molecule has 1 nitrogen and oxygen atoms in total. The second-order valence-corrected chi connectivity index (χ2v) is 8.49. The van der Waals surface area contributed by atoms with E-state index in [2.05, 4.69) is 11.9 Å². The number of nitrogens with zero attached hydrogens (tertiary/aromatic N) is 1. The van der Waals surface area contributed by atoms with Crippen LogP contribution in [0.5, 0.6) is 0 Å². The average Bonchev–Trinajstić information content (AvgIpc) is 2.59. The van der Waals surface area contributed by atoms with Gasteiger partial charge < -0.3 is 0 Å². The molecule has 0 amide bonds. The van der Waals surface area contributed by atoms with E-state index in [4.69, 9.17) is 23.2 Å². The van der Waals surface area contributed by atoms with Crippen LogP contribution < -0.4 is 0 Å². The van der Waals surface area contributed by atoms with Crippen molar-refractivity contribution >= 4 is 23.2 Å². The zero-order chi connectivity index (χ0) is 16.2. The molecule has 1 aromatic heterocycles. The maximum Gasteiger partial charge on any atom is 0.147 e. The van der Waals surface area contributed by atoms with E-state index in [9.17, 15) is 0 Å². The molecule has 0 unspecified atom stereocenters. The Balaban J connectivity index is 1.50. The minimum atomic E-state index is 0.424. The molecule has 2 aliphatic carbocycles. The fraction of sp³-hybridized carbons (Fsp3) is 0.750. The van der Waals surface area contributed by atoms with Crippen molar-refractivity contribution in [2.24, 2.45) is 17.8 Å². The third-order valence-corrected chi connectivity index (χ3v) is 7.00. The Morgan fingerprint density at radius 3 is 2.13 bits per heavy atom. The Labute approximate surface area is 151 Å². The summed E-state index contributed by atoms with van der Waals surface area (Å²) in [5, 5.41) is 1.02. The molecule has 0 bridgehead atoms.